The number of amides is 1. The summed E-state index contributed by atoms with van der Waals surface area (Å²) in [5, 5.41) is 10.1. The Morgan fingerprint density at radius 3 is 2.82 bits per heavy atom. The van der Waals surface area contributed by atoms with E-state index in [4.69, 9.17) is 0 Å². The molecule has 2 aliphatic heterocycles. The maximum atomic E-state index is 12.5. The van der Waals surface area contributed by atoms with E-state index in [0.717, 1.165) is 32.1 Å². The second kappa shape index (κ2) is 6.25. The van der Waals surface area contributed by atoms with Crippen LogP contribution in [0, 0.1) is 5.41 Å². The van der Waals surface area contributed by atoms with Gasteiger partial charge in [0, 0.05) is 23.9 Å². The molecule has 0 radical (unpaired) electrons. The summed E-state index contributed by atoms with van der Waals surface area (Å²) in [6.07, 6.45) is 6.99. The van der Waals surface area contributed by atoms with Crippen LogP contribution < -0.4 is 0 Å². The van der Waals surface area contributed by atoms with Gasteiger partial charge < -0.3 is 10.0 Å². The number of allylic oxidation sites excluding steroid dienone is 1. The van der Waals surface area contributed by atoms with Crippen molar-refractivity contribution in [3.63, 3.8) is 0 Å². The highest BCUT2D eigenvalue weighted by molar-refractivity contribution is 5.78. The fourth-order valence-electron chi connectivity index (χ4n) is 4.44. The van der Waals surface area contributed by atoms with Crippen molar-refractivity contribution < 1.29 is 9.90 Å². The zero-order valence-corrected chi connectivity index (χ0v) is 13.1. The Hall–Kier alpha value is -1.61. The van der Waals surface area contributed by atoms with E-state index in [9.17, 15) is 9.90 Å². The molecule has 1 N–H and O–H groups in total. The van der Waals surface area contributed by atoms with Crippen LogP contribution in [-0.2, 0) is 11.2 Å². The minimum atomic E-state index is -0.159. The first-order valence-electron chi connectivity index (χ1n) is 8.27. The van der Waals surface area contributed by atoms with Gasteiger partial charge >= 0.3 is 0 Å². The van der Waals surface area contributed by atoms with E-state index in [0.29, 0.717) is 12.5 Å². The first kappa shape index (κ1) is 15.3. The van der Waals surface area contributed by atoms with Gasteiger partial charge in [-0.25, -0.2) is 0 Å². The summed E-state index contributed by atoms with van der Waals surface area (Å²) in [6, 6.07) is 10.8. The second-order valence-corrected chi connectivity index (χ2v) is 6.76. The molecule has 2 heterocycles. The summed E-state index contributed by atoms with van der Waals surface area (Å²) in [4.78, 5) is 14.6. The van der Waals surface area contributed by atoms with Gasteiger partial charge in [-0.2, -0.15) is 0 Å². The molecule has 1 aromatic carbocycles. The predicted octanol–water partition coefficient (Wildman–Crippen LogP) is 2.94. The number of nitrogens with zero attached hydrogens (tertiary/aromatic N) is 1. The van der Waals surface area contributed by atoms with Crippen molar-refractivity contribution in [3.05, 3.63) is 48.6 Å². The van der Waals surface area contributed by atoms with Gasteiger partial charge in [-0.1, -0.05) is 36.4 Å². The minimum Gasteiger partial charge on any atom is -0.396 e. The topological polar surface area (TPSA) is 40.5 Å². The largest absolute Gasteiger partial charge is 0.396 e. The third kappa shape index (κ3) is 2.58. The molecule has 1 aromatic rings. The normalized spacial score (nSPS) is 29.8. The summed E-state index contributed by atoms with van der Waals surface area (Å²) < 4.78 is 0. The van der Waals surface area contributed by atoms with Crippen LogP contribution in [0.3, 0.4) is 0 Å². The molecule has 22 heavy (non-hydrogen) atoms. The second-order valence-electron chi connectivity index (χ2n) is 6.76. The number of aliphatic hydroxyl groups is 1. The van der Waals surface area contributed by atoms with E-state index in [-0.39, 0.29) is 24.0 Å². The van der Waals surface area contributed by atoms with Gasteiger partial charge in [-0.15, -0.1) is 6.58 Å². The molecule has 0 aromatic heterocycles. The molecule has 0 spiro atoms. The molecule has 2 bridgehead atoms. The van der Waals surface area contributed by atoms with E-state index < -0.39 is 0 Å². The predicted molar refractivity (Wildman–Crippen MR) is 87.4 cm³/mol. The zero-order valence-electron chi connectivity index (χ0n) is 13.1. The molecule has 3 rings (SSSR count). The monoisotopic (exact) mass is 299 g/mol. The summed E-state index contributed by atoms with van der Waals surface area (Å²) in [6.45, 7) is 3.86. The highest BCUT2D eigenvalue weighted by atomic mass is 16.3. The molecule has 1 amide bonds. The minimum absolute atomic E-state index is 0.159. The van der Waals surface area contributed by atoms with Crippen molar-refractivity contribution in [2.75, 3.05) is 6.61 Å². The summed E-state index contributed by atoms with van der Waals surface area (Å²) in [7, 11) is 0. The van der Waals surface area contributed by atoms with Crippen LogP contribution in [-0.4, -0.2) is 34.6 Å². The number of hydrogen-bond acceptors (Lipinski definition) is 2. The van der Waals surface area contributed by atoms with E-state index in [1.165, 1.54) is 5.56 Å². The standard InChI is InChI=1S/C19H25NO2/c1-2-3-9-18(22)20-16-10-11-17(20)19(13-16,14-21)12-15-7-5-4-6-8-15/h2,4-8,16-17,21H,1,3,9-14H2/t16-,17+,19-/m0/s1. The zero-order chi connectivity index (χ0) is 15.6. The Morgan fingerprint density at radius 1 is 1.36 bits per heavy atom. The molecule has 118 valence electrons. The van der Waals surface area contributed by atoms with Gasteiger partial charge in [0.15, 0.2) is 0 Å². The number of carbonyl (C=O) groups excluding carboxylic acids is 1. The van der Waals surface area contributed by atoms with Crippen molar-refractivity contribution in [1.29, 1.82) is 0 Å². The van der Waals surface area contributed by atoms with Gasteiger partial charge in [0.05, 0.1) is 6.61 Å². The van der Waals surface area contributed by atoms with Crippen molar-refractivity contribution in [2.45, 2.75) is 50.6 Å². The maximum absolute atomic E-state index is 12.5. The number of carbonyl (C=O) groups is 1. The molecular weight excluding hydrogens is 274 g/mol. The lowest BCUT2D eigenvalue weighted by atomic mass is 9.70. The summed E-state index contributed by atoms with van der Waals surface area (Å²) >= 11 is 0. The molecule has 3 atom stereocenters. The number of fused-ring (bicyclic) bond motifs is 2. The van der Waals surface area contributed by atoms with Crippen LogP contribution in [0.25, 0.3) is 0 Å². The number of benzene rings is 1. The summed E-state index contributed by atoms with van der Waals surface area (Å²) in [5.41, 5.74) is 1.09. The lowest BCUT2D eigenvalue weighted by molar-refractivity contribution is -0.133. The quantitative estimate of drug-likeness (QED) is 0.821. The fraction of sp³-hybridized carbons (Fsp3) is 0.526. The first-order chi connectivity index (χ1) is 10.7. The summed E-state index contributed by atoms with van der Waals surface area (Å²) in [5.74, 6) is 0.232. The van der Waals surface area contributed by atoms with Crippen molar-refractivity contribution in [2.24, 2.45) is 5.41 Å². The molecule has 0 saturated carbocycles. The molecule has 2 fully saturated rings. The highest BCUT2D eigenvalue weighted by Crippen LogP contribution is 2.51. The fourth-order valence-corrected chi connectivity index (χ4v) is 4.44. The Labute approximate surface area is 132 Å². The highest BCUT2D eigenvalue weighted by Gasteiger charge is 2.56. The van der Waals surface area contributed by atoms with Crippen molar-refractivity contribution in [1.82, 2.24) is 4.90 Å². The molecule has 2 aliphatic rings. The molecular formula is C19H25NO2. The van der Waals surface area contributed by atoms with Gasteiger partial charge in [0.25, 0.3) is 0 Å². The van der Waals surface area contributed by atoms with Crippen LogP contribution >= 0.6 is 0 Å². The van der Waals surface area contributed by atoms with Crippen LogP contribution in [0.1, 0.15) is 37.7 Å². The van der Waals surface area contributed by atoms with Gasteiger partial charge in [-0.3, -0.25) is 4.79 Å². The molecule has 3 heteroatoms. The third-order valence-corrected chi connectivity index (χ3v) is 5.42. The average molecular weight is 299 g/mol. The van der Waals surface area contributed by atoms with Crippen molar-refractivity contribution >= 4 is 5.91 Å². The van der Waals surface area contributed by atoms with Gasteiger partial charge in [0.1, 0.15) is 0 Å². The Bertz CT molecular complexity index is 542. The average Bonchev–Trinajstić information content (AvgIpc) is 3.09. The van der Waals surface area contributed by atoms with E-state index in [1.807, 2.05) is 18.2 Å². The first-order valence-corrected chi connectivity index (χ1v) is 8.27. The SMILES string of the molecule is C=CCCC(=O)N1[C@H]2CC[C@@H]1[C@@](CO)(Cc1ccccc1)C2. The van der Waals surface area contributed by atoms with Crippen LogP contribution in [0.4, 0.5) is 0 Å². The van der Waals surface area contributed by atoms with Gasteiger partial charge in [-0.05, 0) is 37.7 Å². The van der Waals surface area contributed by atoms with Crippen LogP contribution in [0.5, 0.6) is 0 Å². The van der Waals surface area contributed by atoms with Gasteiger partial charge in [0.2, 0.25) is 5.91 Å². The van der Waals surface area contributed by atoms with Crippen molar-refractivity contribution in [3.8, 4) is 0 Å². The molecule has 0 unspecified atom stereocenters. The molecule has 2 saturated heterocycles. The molecule has 0 aliphatic carbocycles. The Balaban J connectivity index is 1.79. The van der Waals surface area contributed by atoms with E-state index in [1.54, 1.807) is 6.08 Å². The van der Waals surface area contributed by atoms with Crippen LogP contribution in [0.2, 0.25) is 0 Å². The smallest absolute Gasteiger partial charge is 0.223 e. The van der Waals surface area contributed by atoms with E-state index >= 15 is 0 Å². The van der Waals surface area contributed by atoms with E-state index in [2.05, 4.69) is 23.6 Å². The number of rotatable bonds is 6. The van der Waals surface area contributed by atoms with Crippen LogP contribution in [0.15, 0.2) is 43.0 Å². The third-order valence-electron chi connectivity index (χ3n) is 5.42. The Morgan fingerprint density at radius 2 is 2.14 bits per heavy atom. The maximum Gasteiger partial charge on any atom is 0.223 e. The lowest BCUT2D eigenvalue weighted by Crippen LogP contribution is -2.43. The molecule has 3 nitrogen and oxygen atoms in total. The Kier molecular flexibility index (Phi) is 4.34. The number of hydrogen-bond donors (Lipinski definition) is 1. The number of aliphatic hydroxyl groups excluding tert-OH is 1. The lowest BCUT2D eigenvalue weighted by Gasteiger charge is -2.36.